The molecule has 0 saturated carbocycles. The van der Waals surface area contributed by atoms with Crippen molar-refractivity contribution >= 4 is 17.8 Å². The Morgan fingerprint density at radius 2 is 1.57 bits per heavy atom. The number of ether oxygens (including phenoxy) is 2. The summed E-state index contributed by atoms with van der Waals surface area (Å²) in [4.78, 5) is 37.2. The number of hydrogen-bond acceptors (Lipinski definition) is 5. The minimum atomic E-state index is -0.617. The summed E-state index contributed by atoms with van der Waals surface area (Å²) >= 11 is 0. The van der Waals surface area contributed by atoms with E-state index < -0.39 is 18.5 Å². The van der Waals surface area contributed by atoms with Crippen molar-refractivity contribution < 1.29 is 23.9 Å². The van der Waals surface area contributed by atoms with E-state index in [9.17, 15) is 14.4 Å². The molecule has 0 unspecified atom stereocenters. The molecule has 7 nitrogen and oxygen atoms in total. The molecule has 0 atom stereocenters. The van der Waals surface area contributed by atoms with Crippen LogP contribution in [0.1, 0.15) is 24.2 Å². The first kappa shape index (κ1) is 21.0. The Balaban J connectivity index is 1.86. The maximum absolute atomic E-state index is 12.2. The molecule has 0 spiro atoms. The molecule has 7 heteroatoms. The van der Waals surface area contributed by atoms with Crippen LogP contribution in [-0.2, 0) is 14.3 Å². The highest BCUT2D eigenvalue weighted by Crippen LogP contribution is 2.21. The Hall–Kier alpha value is -3.35. The second-order valence-electron chi connectivity index (χ2n) is 5.88. The summed E-state index contributed by atoms with van der Waals surface area (Å²) in [7, 11) is 0. The van der Waals surface area contributed by atoms with Gasteiger partial charge in [0.05, 0.1) is 12.1 Å². The normalized spacial score (nSPS) is 10.1. The fourth-order valence-electron chi connectivity index (χ4n) is 2.39. The number of hydrogen-bond donors (Lipinski definition) is 1. The van der Waals surface area contributed by atoms with E-state index in [-0.39, 0.29) is 12.5 Å². The molecule has 0 aliphatic carbocycles. The van der Waals surface area contributed by atoms with Gasteiger partial charge in [0.15, 0.2) is 6.61 Å². The van der Waals surface area contributed by atoms with Gasteiger partial charge in [-0.25, -0.2) is 4.79 Å². The minimum Gasteiger partial charge on any atom is -0.457 e. The molecule has 1 N–H and O–H groups in total. The van der Waals surface area contributed by atoms with Crippen LogP contribution < -0.4 is 10.1 Å². The van der Waals surface area contributed by atoms with Crippen LogP contribution in [0.4, 0.5) is 0 Å². The topological polar surface area (TPSA) is 84.9 Å². The Kier molecular flexibility index (Phi) is 8.02. The predicted octanol–water partition coefficient (Wildman–Crippen LogP) is 2.62. The lowest BCUT2D eigenvalue weighted by Crippen LogP contribution is -2.42. The summed E-state index contributed by atoms with van der Waals surface area (Å²) in [6.45, 7) is 3.90. The molecule has 2 aromatic carbocycles. The highest BCUT2D eigenvalue weighted by atomic mass is 16.5. The lowest BCUT2D eigenvalue weighted by atomic mass is 10.2. The zero-order chi connectivity index (χ0) is 20.4. The van der Waals surface area contributed by atoms with Crippen LogP contribution in [0, 0.1) is 0 Å². The standard InChI is InChI=1S/C21H24N2O5/c1-3-22-19(24)14-23(4-2)20(25)15-27-21(26)16-10-12-18(13-11-16)28-17-8-6-5-7-9-17/h5-13H,3-4,14-15H2,1-2H3,(H,22,24). The average Bonchev–Trinajstić information content (AvgIpc) is 2.71. The quantitative estimate of drug-likeness (QED) is 0.672. The number of nitrogens with one attached hydrogen (secondary N) is 1. The SMILES string of the molecule is CCNC(=O)CN(CC)C(=O)COC(=O)c1ccc(Oc2ccccc2)cc1. The van der Waals surface area contributed by atoms with E-state index in [4.69, 9.17) is 9.47 Å². The summed E-state index contributed by atoms with van der Waals surface area (Å²) in [6.07, 6.45) is 0. The molecule has 2 aromatic rings. The number of amides is 2. The monoisotopic (exact) mass is 384 g/mol. The summed E-state index contributed by atoms with van der Waals surface area (Å²) in [5.41, 5.74) is 0.306. The lowest BCUT2D eigenvalue weighted by molar-refractivity contribution is -0.138. The summed E-state index contributed by atoms with van der Waals surface area (Å²) in [6, 6.07) is 15.7. The Labute approximate surface area is 164 Å². The maximum Gasteiger partial charge on any atom is 0.338 e. The fraction of sp³-hybridized carbons (Fsp3) is 0.286. The molecule has 0 aliphatic rings. The molecule has 0 bridgehead atoms. The van der Waals surface area contributed by atoms with Gasteiger partial charge in [-0.2, -0.15) is 0 Å². The highest BCUT2D eigenvalue weighted by Gasteiger charge is 2.17. The largest absolute Gasteiger partial charge is 0.457 e. The molecule has 0 saturated heterocycles. The Bertz CT molecular complexity index is 790. The lowest BCUT2D eigenvalue weighted by Gasteiger charge is -2.20. The number of rotatable bonds is 9. The smallest absolute Gasteiger partial charge is 0.338 e. The third-order valence-electron chi connectivity index (χ3n) is 3.84. The van der Waals surface area contributed by atoms with E-state index in [0.717, 1.165) is 0 Å². The molecule has 0 heterocycles. The van der Waals surface area contributed by atoms with Gasteiger partial charge >= 0.3 is 5.97 Å². The molecule has 148 valence electrons. The van der Waals surface area contributed by atoms with E-state index in [0.29, 0.717) is 30.2 Å². The number of para-hydroxylation sites is 1. The third kappa shape index (κ3) is 6.42. The highest BCUT2D eigenvalue weighted by molar-refractivity contribution is 5.92. The van der Waals surface area contributed by atoms with Crippen molar-refractivity contribution in [2.75, 3.05) is 26.2 Å². The predicted molar refractivity (Wildman–Crippen MR) is 104 cm³/mol. The first-order chi connectivity index (χ1) is 13.5. The van der Waals surface area contributed by atoms with Gasteiger partial charge in [0.1, 0.15) is 11.5 Å². The van der Waals surface area contributed by atoms with Crippen LogP contribution in [0.3, 0.4) is 0 Å². The van der Waals surface area contributed by atoms with Gasteiger partial charge in [0.2, 0.25) is 5.91 Å². The summed E-state index contributed by atoms with van der Waals surface area (Å²) < 4.78 is 10.7. The zero-order valence-corrected chi connectivity index (χ0v) is 16.0. The Morgan fingerprint density at radius 1 is 0.929 bits per heavy atom. The number of nitrogens with zero attached hydrogens (tertiary/aromatic N) is 1. The number of likely N-dealkylation sites (N-methyl/N-ethyl adjacent to an activating group) is 2. The number of benzene rings is 2. The third-order valence-corrected chi connectivity index (χ3v) is 3.84. The van der Waals surface area contributed by atoms with E-state index in [1.807, 2.05) is 30.3 Å². The van der Waals surface area contributed by atoms with Crippen molar-refractivity contribution in [3.8, 4) is 11.5 Å². The van der Waals surface area contributed by atoms with Gasteiger partial charge in [-0.05, 0) is 50.2 Å². The first-order valence-corrected chi connectivity index (χ1v) is 9.08. The summed E-state index contributed by atoms with van der Waals surface area (Å²) in [5, 5.41) is 2.63. The van der Waals surface area contributed by atoms with Crippen molar-refractivity contribution in [3.05, 3.63) is 60.2 Å². The number of carbonyl (C=O) groups is 3. The van der Waals surface area contributed by atoms with Gasteiger partial charge in [-0.15, -0.1) is 0 Å². The molecular formula is C21H24N2O5. The van der Waals surface area contributed by atoms with Crippen LogP contribution in [0.2, 0.25) is 0 Å². The molecular weight excluding hydrogens is 360 g/mol. The molecule has 0 aliphatic heterocycles. The van der Waals surface area contributed by atoms with E-state index in [1.165, 1.54) is 4.90 Å². The summed E-state index contributed by atoms with van der Waals surface area (Å²) in [5.74, 6) is -0.0223. The van der Waals surface area contributed by atoms with Crippen molar-refractivity contribution in [2.24, 2.45) is 0 Å². The van der Waals surface area contributed by atoms with Crippen LogP contribution >= 0.6 is 0 Å². The van der Waals surface area contributed by atoms with Gasteiger partial charge < -0.3 is 19.7 Å². The molecule has 2 rings (SSSR count). The number of esters is 1. The zero-order valence-electron chi connectivity index (χ0n) is 16.0. The van der Waals surface area contributed by atoms with E-state index in [1.54, 1.807) is 38.1 Å². The van der Waals surface area contributed by atoms with Gasteiger partial charge in [-0.1, -0.05) is 18.2 Å². The molecule has 0 aromatic heterocycles. The average molecular weight is 384 g/mol. The van der Waals surface area contributed by atoms with Crippen LogP contribution in [0.5, 0.6) is 11.5 Å². The van der Waals surface area contributed by atoms with Crippen molar-refractivity contribution in [1.82, 2.24) is 10.2 Å². The second kappa shape index (κ2) is 10.7. The van der Waals surface area contributed by atoms with Crippen LogP contribution in [0.25, 0.3) is 0 Å². The van der Waals surface area contributed by atoms with Crippen molar-refractivity contribution in [3.63, 3.8) is 0 Å². The van der Waals surface area contributed by atoms with E-state index in [2.05, 4.69) is 5.32 Å². The fourth-order valence-corrected chi connectivity index (χ4v) is 2.39. The Morgan fingerprint density at radius 3 is 2.18 bits per heavy atom. The molecule has 2 amide bonds. The second-order valence-corrected chi connectivity index (χ2v) is 5.88. The molecule has 28 heavy (non-hydrogen) atoms. The van der Waals surface area contributed by atoms with E-state index >= 15 is 0 Å². The van der Waals surface area contributed by atoms with Gasteiger partial charge in [0.25, 0.3) is 5.91 Å². The van der Waals surface area contributed by atoms with Gasteiger partial charge in [0, 0.05) is 13.1 Å². The first-order valence-electron chi connectivity index (χ1n) is 9.08. The van der Waals surface area contributed by atoms with Crippen LogP contribution in [-0.4, -0.2) is 48.9 Å². The number of carbonyl (C=O) groups excluding carboxylic acids is 3. The molecule has 0 fully saturated rings. The maximum atomic E-state index is 12.2. The molecule has 0 radical (unpaired) electrons. The minimum absolute atomic E-state index is 0.0632. The van der Waals surface area contributed by atoms with Gasteiger partial charge in [-0.3, -0.25) is 9.59 Å². The van der Waals surface area contributed by atoms with Crippen molar-refractivity contribution in [1.29, 1.82) is 0 Å². The van der Waals surface area contributed by atoms with Crippen LogP contribution in [0.15, 0.2) is 54.6 Å². The van der Waals surface area contributed by atoms with Crippen molar-refractivity contribution in [2.45, 2.75) is 13.8 Å².